The van der Waals surface area contributed by atoms with Gasteiger partial charge in [0.15, 0.2) is 0 Å². The maximum Gasteiger partial charge on any atom is 0.0701 e. The standard InChI is InChI=1S/C11H16BrNS/c1-13-10(5-4-8-2-3-8)9-6-11(12)14-7-9/h6-8,10,13H,2-5H2,1H3. The Morgan fingerprint density at radius 1 is 1.64 bits per heavy atom. The normalized spacial score (nSPS) is 18.4. The molecule has 1 aromatic heterocycles. The molecule has 78 valence electrons. The van der Waals surface area contributed by atoms with Crippen LogP contribution in [0.4, 0.5) is 0 Å². The van der Waals surface area contributed by atoms with Gasteiger partial charge in [-0.3, -0.25) is 0 Å². The summed E-state index contributed by atoms with van der Waals surface area (Å²) >= 11 is 5.29. The topological polar surface area (TPSA) is 12.0 Å². The van der Waals surface area contributed by atoms with Crippen molar-refractivity contribution in [3.05, 3.63) is 20.8 Å². The summed E-state index contributed by atoms with van der Waals surface area (Å²) in [7, 11) is 2.06. The highest BCUT2D eigenvalue weighted by Gasteiger charge is 2.22. The van der Waals surface area contributed by atoms with Gasteiger partial charge in [0.25, 0.3) is 0 Å². The number of hydrogen-bond acceptors (Lipinski definition) is 2. The van der Waals surface area contributed by atoms with Gasteiger partial charge < -0.3 is 5.32 Å². The van der Waals surface area contributed by atoms with Crippen molar-refractivity contribution in [2.75, 3.05) is 7.05 Å². The fourth-order valence-corrected chi connectivity index (χ4v) is 3.02. The fraction of sp³-hybridized carbons (Fsp3) is 0.636. The van der Waals surface area contributed by atoms with Crippen LogP contribution in [-0.2, 0) is 0 Å². The summed E-state index contributed by atoms with van der Waals surface area (Å²) in [5.74, 6) is 1.04. The molecule has 0 aromatic carbocycles. The summed E-state index contributed by atoms with van der Waals surface area (Å²) in [6.45, 7) is 0. The smallest absolute Gasteiger partial charge is 0.0701 e. The van der Waals surface area contributed by atoms with Gasteiger partial charge in [0, 0.05) is 6.04 Å². The van der Waals surface area contributed by atoms with Crippen molar-refractivity contribution in [1.82, 2.24) is 5.32 Å². The summed E-state index contributed by atoms with van der Waals surface area (Å²) < 4.78 is 1.24. The second-order valence-electron chi connectivity index (χ2n) is 4.05. The first kappa shape index (κ1) is 10.7. The predicted molar refractivity (Wildman–Crippen MR) is 65.8 cm³/mol. The van der Waals surface area contributed by atoms with E-state index in [2.05, 4.69) is 39.7 Å². The van der Waals surface area contributed by atoms with Crippen LogP contribution in [0.25, 0.3) is 0 Å². The Morgan fingerprint density at radius 2 is 2.43 bits per heavy atom. The van der Waals surface area contributed by atoms with Gasteiger partial charge in [-0.25, -0.2) is 0 Å². The molecule has 0 saturated heterocycles. The first-order valence-electron chi connectivity index (χ1n) is 5.21. The third-order valence-corrected chi connectivity index (χ3v) is 4.42. The van der Waals surface area contributed by atoms with E-state index in [1.54, 1.807) is 11.3 Å². The van der Waals surface area contributed by atoms with E-state index in [0.717, 1.165) is 5.92 Å². The molecule has 3 heteroatoms. The minimum Gasteiger partial charge on any atom is -0.313 e. The van der Waals surface area contributed by atoms with Crippen molar-refractivity contribution in [1.29, 1.82) is 0 Å². The van der Waals surface area contributed by atoms with Gasteiger partial charge in [-0.05, 0) is 58.7 Å². The molecule has 1 aliphatic rings. The van der Waals surface area contributed by atoms with Crippen molar-refractivity contribution >= 4 is 27.3 Å². The van der Waals surface area contributed by atoms with Crippen LogP contribution in [0.15, 0.2) is 15.2 Å². The van der Waals surface area contributed by atoms with Crippen LogP contribution in [0.1, 0.15) is 37.3 Å². The van der Waals surface area contributed by atoms with Crippen molar-refractivity contribution < 1.29 is 0 Å². The SMILES string of the molecule is CNC(CCC1CC1)c1csc(Br)c1. The minimum absolute atomic E-state index is 0.554. The van der Waals surface area contributed by atoms with E-state index in [1.807, 2.05) is 0 Å². The van der Waals surface area contributed by atoms with E-state index in [-0.39, 0.29) is 0 Å². The minimum atomic E-state index is 0.554. The lowest BCUT2D eigenvalue weighted by Gasteiger charge is -2.14. The summed E-state index contributed by atoms with van der Waals surface area (Å²) in [6, 6.07) is 2.79. The molecule has 1 unspecified atom stereocenters. The molecule has 0 amide bonds. The van der Waals surface area contributed by atoms with Crippen LogP contribution in [0.2, 0.25) is 0 Å². The lowest BCUT2D eigenvalue weighted by molar-refractivity contribution is 0.507. The van der Waals surface area contributed by atoms with Gasteiger partial charge in [-0.2, -0.15) is 0 Å². The van der Waals surface area contributed by atoms with Crippen LogP contribution in [0, 0.1) is 5.92 Å². The molecular weight excluding hydrogens is 258 g/mol. The van der Waals surface area contributed by atoms with E-state index in [4.69, 9.17) is 0 Å². The van der Waals surface area contributed by atoms with Gasteiger partial charge in [-0.1, -0.05) is 12.8 Å². The average Bonchev–Trinajstić information content (AvgIpc) is 2.90. The zero-order chi connectivity index (χ0) is 9.97. The highest BCUT2D eigenvalue weighted by Crippen LogP contribution is 2.36. The number of thiophene rings is 1. The lowest BCUT2D eigenvalue weighted by atomic mass is 10.0. The molecule has 1 saturated carbocycles. The quantitative estimate of drug-likeness (QED) is 0.857. The maximum atomic E-state index is 3.51. The van der Waals surface area contributed by atoms with Crippen molar-refractivity contribution in [2.24, 2.45) is 5.92 Å². The second-order valence-corrected chi connectivity index (χ2v) is 6.34. The third-order valence-electron chi connectivity index (χ3n) is 2.90. The first-order valence-corrected chi connectivity index (χ1v) is 6.88. The Kier molecular flexibility index (Phi) is 3.63. The second kappa shape index (κ2) is 4.77. The molecule has 14 heavy (non-hydrogen) atoms. The van der Waals surface area contributed by atoms with Gasteiger partial charge >= 0.3 is 0 Å². The Hall–Kier alpha value is 0.140. The number of halogens is 1. The van der Waals surface area contributed by atoms with Gasteiger partial charge in [0.2, 0.25) is 0 Å². The van der Waals surface area contributed by atoms with Crippen LogP contribution in [-0.4, -0.2) is 7.05 Å². The van der Waals surface area contributed by atoms with Crippen molar-refractivity contribution in [3.63, 3.8) is 0 Å². The van der Waals surface area contributed by atoms with E-state index < -0.39 is 0 Å². The summed E-state index contributed by atoms with van der Waals surface area (Å²) in [5, 5.41) is 5.65. The molecule has 0 radical (unpaired) electrons. The zero-order valence-electron chi connectivity index (χ0n) is 8.42. The number of nitrogens with one attached hydrogen (secondary N) is 1. The lowest BCUT2D eigenvalue weighted by Crippen LogP contribution is -2.15. The first-order chi connectivity index (χ1) is 6.79. The Balaban J connectivity index is 1.90. The molecule has 1 aliphatic carbocycles. The molecule has 1 aromatic rings. The van der Waals surface area contributed by atoms with Crippen LogP contribution in [0.5, 0.6) is 0 Å². The van der Waals surface area contributed by atoms with Crippen LogP contribution < -0.4 is 5.32 Å². The summed E-state index contributed by atoms with van der Waals surface area (Å²) in [5.41, 5.74) is 1.44. The monoisotopic (exact) mass is 273 g/mol. The average molecular weight is 274 g/mol. The van der Waals surface area contributed by atoms with Crippen molar-refractivity contribution in [3.8, 4) is 0 Å². The fourth-order valence-electron chi connectivity index (χ4n) is 1.79. The maximum absolute atomic E-state index is 3.51. The highest BCUT2D eigenvalue weighted by molar-refractivity contribution is 9.11. The Morgan fingerprint density at radius 3 is 2.93 bits per heavy atom. The van der Waals surface area contributed by atoms with E-state index in [0.29, 0.717) is 6.04 Å². The predicted octanol–water partition coefficient (Wildman–Crippen LogP) is 3.96. The van der Waals surface area contributed by atoms with Crippen LogP contribution >= 0.6 is 27.3 Å². The molecule has 1 atom stereocenters. The van der Waals surface area contributed by atoms with Gasteiger partial charge in [-0.15, -0.1) is 11.3 Å². The van der Waals surface area contributed by atoms with Gasteiger partial charge in [0.1, 0.15) is 0 Å². The summed E-state index contributed by atoms with van der Waals surface area (Å²) in [6.07, 6.45) is 5.59. The molecule has 1 N–H and O–H groups in total. The largest absolute Gasteiger partial charge is 0.313 e. The molecule has 0 aliphatic heterocycles. The molecule has 1 fully saturated rings. The molecular formula is C11H16BrNS. The van der Waals surface area contributed by atoms with E-state index >= 15 is 0 Å². The van der Waals surface area contributed by atoms with Crippen molar-refractivity contribution in [2.45, 2.75) is 31.7 Å². The molecule has 1 nitrogen and oxygen atoms in total. The molecule has 1 heterocycles. The Labute approximate surface area is 98.0 Å². The van der Waals surface area contributed by atoms with Crippen LogP contribution in [0.3, 0.4) is 0 Å². The number of hydrogen-bond donors (Lipinski definition) is 1. The number of rotatable bonds is 5. The van der Waals surface area contributed by atoms with Gasteiger partial charge in [0.05, 0.1) is 3.79 Å². The Bertz CT molecular complexity index is 293. The highest BCUT2D eigenvalue weighted by atomic mass is 79.9. The zero-order valence-corrected chi connectivity index (χ0v) is 10.8. The van der Waals surface area contributed by atoms with E-state index in [9.17, 15) is 0 Å². The molecule has 0 spiro atoms. The van der Waals surface area contributed by atoms with E-state index in [1.165, 1.54) is 35.0 Å². The summed E-state index contributed by atoms with van der Waals surface area (Å²) in [4.78, 5) is 0. The third kappa shape index (κ3) is 2.81. The molecule has 2 rings (SSSR count). The molecule has 0 bridgehead atoms.